The van der Waals surface area contributed by atoms with Gasteiger partial charge in [-0.05, 0) is 25.0 Å². The first-order chi connectivity index (χ1) is 14.1. The molecule has 6 nitrogen and oxygen atoms in total. The molecule has 5 rings (SSSR count). The molecule has 29 heavy (non-hydrogen) atoms. The van der Waals surface area contributed by atoms with Crippen molar-refractivity contribution in [2.45, 2.75) is 32.2 Å². The molecule has 0 radical (unpaired) electrons. The summed E-state index contributed by atoms with van der Waals surface area (Å²) in [5.74, 6) is 0.745. The predicted octanol–water partition coefficient (Wildman–Crippen LogP) is 3.59. The molecule has 7 heteroatoms. The van der Waals surface area contributed by atoms with Gasteiger partial charge in [0.2, 0.25) is 5.91 Å². The number of hydrogen-bond acceptors (Lipinski definition) is 4. The Morgan fingerprint density at radius 1 is 1.14 bits per heavy atom. The number of carbonyl (C=O) groups is 1. The maximum atomic E-state index is 11.6. The number of rotatable bonds is 4. The number of hydrogen-bond donors (Lipinski definition) is 0. The van der Waals surface area contributed by atoms with Crippen LogP contribution < -0.4 is 0 Å². The minimum atomic E-state index is 0.154. The Bertz CT molecular complexity index is 1050. The van der Waals surface area contributed by atoms with Crippen molar-refractivity contribution in [1.82, 2.24) is 24.2 Å². The van der Waals surface area contributed by atoms with E-state index in [1.807, 2.05) is 35.4 Å². The van der Waals surface area contributed by atoms with Crippen molar-refractivity contribution in [2.24, 2.45) is 0 Å². The summed E-state index contributed by atoms with van der Waals surface area (Å²) >= 11 is 6.10. The van der Waals surface area contributed by atoms with Gasteiger partial charge in [0.25, 0.3) is 0 Å². The highest BCUT2D eigenvalue weighted by Crippen LogP contribution is 2.39. The van der Waals surface area contributed by atoms with Crippen molar-refractivity contribution in [2.75, 3.05) is 26.2 Å². The number of piperazine rings is 1. The fraction of sp³-hybridized carbons (Fsp3) is 0.409. The molecule has 1 saturated carbocycles. The first-order valence-corrected chi connectivity index (χ1v) is 10.6. The molecule has 2 fully saturated rings. The molecule has 2 aromatic heterocycles. The van der Waals surface area contributed by atoms with Crippen LogP contribution in [0.5, 0.6) is 0 Å². The van der Waals surface area contributed by atoms with Gasteiger partial charge in [0, 0.05) is 62.3 Å². The molecule has 0 spiro atoms. The van der Waals surface area contributed by atoms with Crippen LogP contribution in [-0.4, -0.2) is 56.3 Å². The second-order valence-electron chi connectivity index (χ2n) is 8.01. The third-order valence-electron chi connectivity index (χ3n) is 5.93. The Balaban J connectivity index is 1.52. The average Bonchev–Trinajstić information content (AvgIpc) is 3.52. The molecule has 1 aromatic carbocycles. The standard InChI is InChI=1S/C22H24ClN5O/c1-15(29)27-10-8-26(9-11-27)14-20-22(17-4-6-18(23)7-5-17)25-21-12-24-19(13-28(20)21)16-2-3-16/h4-7,12-13,16H,2-3,8-11,14H2,1H3. The minimum Gasteiger partial charge on any atom is -0.340 e. The average molecular weight is 410 g/mol. The molecular formula is C22H24ClN5O. The van der Waals surface area contributed by atoms with E-state index in [1.165, 1.54) is 18.5 Å². The SMILES string of the molecule is CC(=O)N1CCN(Cc2c(-c3ccc(Cl)cc3)nc3cnc(C4CC4)cn23)CC1. The summed E-state index contributed by atoms with van der Waals surface area (Å²) in [6, 6.07) is 7.86. The molecule has 1 saturated heterocycles. The van der Waals surface area contributed by atoms with Gasteiger partial charge in [0.1, 0.15) is 0 Å². The molecule has 1 aliphatic heterocycles. The second kappa shape index (κ2) is 7.43. The zero-order chi connectivity index (χ0) is 20.0. The smallest absolute Gasteiger partial charge is 0.219 e. The summed E-state index contributed by atoms with van der Waals surface area (Å²) in [4.78, 5) is 25.5. The van der Waals surface area contributed by atoms with Crippen LogP contribution in [0.3, 0.4) is 0 Å². The van der Waals surface area contributed by atoms with E-state index in [4.69, 9.17) is 16.6 Å². The van der Waals surface area contributed by atoms with Gasteiger partial charge in [-0.15, -0.1) is 0 Å². The largest absolute Gasteiger partial charge is 0.340 e. The monoisotopic (exact) mass is 409 g/mol. The number of imidazole rings is 1. The maximum absolute atomic E-state index is 11.6. The third-order valence-corrected chi connectivity index (χ3v) is 6.18. The molecule has 1 aliphatic carbocycles. The van der Waals surface area contributed by atoms with Gasteiger partial charge in [-0.1, -0.05) is 23.7 Å². The zero-order valence-electron chi connectivity index (χ0n) is 16.5. The number of nitrogens with zero attached hydrogens (tertiary/aromatic N) is 5. The lowest BCUT2D eigenvalue weighted by Crippen LogP contribution is -2.47. The van der Waals surface area contributed by atoms with Gasteiger partial charge in [-0.25, -0.2) is 4.98 Å². The summed E-state index contributed by atoms with van der Waals surface area (Å²) in [6.07, 6.45) is 6.50. The normalized spacial score (nSPS) is 17.8. The summed E-state index contributed by atoms with van der Waals surface area (Å²) in [6.45, 7) is 5.72. The van der Waals surface area contributed by atoms with Gasteiger partial charge in [-0.2, -0.15) is 0 Å². The van der Waals surface area contributed by atoms with Crippen LogP contribution in [0.4, 0.5) is 0 Å². The summed E-state index contributed by atoms with van der Waals surface area (Å²) in [7, 11) is 0. The Hall–Kier alpha value is -2.44. The van der Waals surface area contributed by atoms with E-state index in [9.17, 15) is 4.79 Å². The lowest BCUT2D eigenvalue weighted by molar-refractivity contribution is -0.130. The predicted molar refractivity (Wildman–Crippen MR) is 113 cm³/mol. The molecule has 150 valence electrons. The van der Waals surface area contributed by atoms with E-state index in [0.717, 1.165) is 60.3 Å². The number of halogens is 1. The second-order valence-corrected chi connectivity index (χ2v) is 8.45. The Kier molecular flexibility index (Phi) is 4.76. The van der Waals surface area contributed by atoms with Gasteiger partial charge in [0.15, 0.2) is 5.65 Å². The van der Waals surface area contributed by atoms with Crippen LogP contribution in [0.1, 0.15) is 37.1 Å². The van der Waals surface area contributed by atoms with Crippen molar-refractivity contribution in [3.63, 3.8) is 0 Å². The highest BCUT2D eigenvalue weighted by Gasteiger charge is 2.27. The Labute approximate surface area is 175 Å². The van der Waals surface area contributed by atoms with Crippen LogP contribution >= 0.6 is 11.6 Å². The van der Waals surface area contributed by atoms with Crippen molar-refractivity contribution in [3.05, 3.63) is 53.1 Å². The number of amides is 1. The van der Waals surface area contributed by atoms with E-state index < -0.39 is 0 Å². The van der Waals surface area contributed by atoms with Crippen molar-refractivity contribution < 1.29 is 4.79 Å². The van der Waals surface area contributed by atoms with Crippen molar-refractivity contribution in [1.29, 1.82) is 0 Å². The first-order valence-electron chi connectivity index (χ1n) is 10.2. The van der Waals surface area contributed by atoms with Crippen molar-refractivity contribution in [3.8, 4) is 11.3 Å². The zero-order valence-corrected chi connectivity index (χ0v) is 17.3. The topological polar surface area (TPSA) is 53.7 Å². The van der Waals surface area contributed by atoms with Crippen LogP contribution in [0.15, 0.2) is 36.7 Å². The van der Waals surface area contributed by atoms with E-state index in [0.29, 0.717) is 5.92 Å². The van der Waals surface area contributed by atoms with E-state index in [-0.39, 0.29) is 5.91 Å². The van der Waals surface area contributed by atoms with Crippen LogP contribution in [-0.2, 0) is 11.3 Å². The van der Waals surface area contributed by atoms with Gasteiger partial charge in [0.05, 0.1) is 23.3 Å². The Morgan fingerprint density at radius 2 is 1.86 bits per heavy atom. The molecule has 1 amide bonds. The molecular weight excluding hydrogens is 386 g/mol. The number of carbonyl (C=O) groups excluding carboxylic acids is 1. The molecule has 3 aromatic rings. The summed E-state index contributed by atoms with van der Waals surface area (Å²) < 4.78 is 2.21. The van der Waals surface area contributed by atoms with Crippen LogP contribution in [0.25, 0.3) is 16.9 Å². The Morgan fingerprint density at radius 3 is 2.52 bits per heavy atom. The highest BCUT2D eigenvalue weighted by atomic mass is 35.5. The molecule has 0 bridgehead atoms. The van der Waals surface area contributed by atoms with Gasteiger partial charge >= 0.3 is 0 Å². The lowest BCUT2D eigenvalue weighted by Gasteiger charge is -2.34. The van der Waals surface area contributed by atoms with Crippen LogP contribution in [0.2, 0.25) is 5.02 Å². The highest BCUT2D eigenvalue weighted by molar-refractivity contribution is 6.30. The quantitative estimate of drug-likeness (QED) is 0.660. The summed E-state index contributed by atoms with van der Waals surface area (Å²) in [5, 5.41) is 0.720. The molecule has 0 unspecified atom stereocenters. The van der Waals surface area contributed by atoms with Gasteiger partial charge in [-0.3, -0.25) is 19.1 Å². The number of aromatic nitrogens is 3. The maximum Gasteiger partial charge on any atom is 0.219 e. The summed E-state index contributed by atoms with van der Waals surface area (Å²) in [5.41, 5.74) is 5.23. The molecule has 0 N–H and O–H groups in total. The van der Waals surface area contributed by atoms with E-state index >= 15 is 0 Å². The number of fused-ring (bicyclic) bond motifs is 1. The first kappa shape index (κ1) is 18.6. The molecule has 0 atom stereocenters. The van der Waals surface area contributed by atoms with Crippen molar-refractivity contribution >= 4 is 23.2 Å². The fourth-order valence-electron chi connectivity index (χ4n) is 4.03. The minimum absolute atomic E-state index is 0.154. The molecule has 3 heterocycles. The van der Waals surface area contributed by atoms with Crippen LogP contribution in [0, 0.1) is 0 Å². The van der Waals surface area contributed by atoms with Gasteiger partial charge < -0.3 is 4.90 Å². The van der Waals surface area contributed by atoms with E-state index in [1.54, 1.807) is 6.92 Å². The fourth-order valence-corrected chi connectivity index (χ4v) is 4.16. The van der Waals surface area contributed by atoms with E-state index in [2.05, 4.69) is 20.5 Å². The number of benzene rings is 1. The molecule has 2 aliphatic rings. The lowest BCUT2D eigenvalue weighted by atomic mass is 10.1. The third kappa shape index (κ3) is 3.74.